The highest BCUT2D eigenvalue weighted by Gasteiger charge is 2.25. The number of carbonyl (C=O) groups is 1. The smallest absolute Gasteiger partial charge is 0.223 e. The van der Waals surface area contributed by atoms with E-state index in [1.165, 1.54) is 11.1 Å². The van der Waals surface area contributed by atoms with Crippen LogP contribution in [0.3, 0.4) is 0 Å². The van der Waals surface area contributed by atoms with Crippen LogP contribution >= 0.6 is 0 Å². The molecule has 0 spiro atoms. The highest BCUT2D eigenvalue weighted by Crippen LogP contribution is 2.19. The van der Waals surface area contributed by atoms with Crippen LogP contribution < -0.4 is 4.74 Å². The average molecular weight is 353 g/mol. The maximum Gasteiger partial charge on any atom is 0.223 e. The normalized spacial score (nSPS) is 17.2. The molecule has 138 valence electrons. The largest absolute Gasteiger partial charge is 0.472 e. The fourth-order valence-corrected chi connectivity index (χ4v) is 3.45. The number of ether oxygens (including phenoxy) is 1. The number of carbonyl (C=O) groups excluding carboxylic acids is 1. The quantitative estimate of drug-likeness (QED) is 0.827. The van der Waals surface area contributed by atoms with Crippen LogP contribution in [-0.4, -0.2) is 40.0 Å². The number of aromatic nitrogens is 2. The molecule has 0 N–H and O–H groups in total. The molecular formula is C21H27N3O2. The van der Waals surface area contributed by atoms with E-state index in [1.54, 1.807) is 0 Å². The second kappa shape index (κ2) is 8.30. The van der Waals surface area contributed by atoms with Gasteiger partial charge in [0.1, 0.15) is 11.9 Å². The summed E-state index contributed by atoms with van der Waals surface area (Å²) in [4.78, 5) is 23.2. The number of nitrogens with zero attached hydrogens (tertiary/aromatic N) is 3. The highest BCUT2D eigenvalue weighted by molar-refractivity contribution is 5.76. The number of amides is 1. The predicted molar refractivity (Wildman–Crippen MR) is 101 cm³/mol. The molecule has 2 aromatic rings. The lowest BCUT2D eigenvalue weighted by molar-refractivity contribution is -0.133. The van der Waals surface area contributed by atoms with E-state index in [9.17, 15) is 4.79 Å². The number of likely N-dealkylation sites (tertiary alicyclic amines) is 1. The summed E-state index contributed by atoms with van der Waals surface area (Å²) in [6.07, 6.45) is 3.24. The van der Waals surface area contributed by atoms with Crippen LogP contribution in [0.1, 0.15) is 41.9 Å². The van der Waals surface area contributed by atoms with Crippen molar-refractivity contribution in [2.75, 3.05) is 13.1 Å². The summed E-state index contributed by atoms with van der Waals surface area (Å²) in [6, 6.07) is 10.2. The zero-order valence-electron chi connectivity index (χ0n) is 15.9. The SMILES string of the molecule is Cc1cccc(CCC(=O)N2CCCC(Oc3cc(C)nc(C)n3)C2)c1. The van der Waals surface area contributed by atoms with E-state index in [-0.39, 0.29) is 12.0 Å². The van der Waals surface area contributed by atoms with E-state index in [4.69, 9.17) is 4.74 Å². The van der Waals surface area contributed by atoms with E-state index < -0.39 is 0 Å². The first-order valence-electron chi connectivity index (χ1n) is 9.32. The number of hydrogen-bond donors (Lipinski definition) is 0. The molecule has 1 amide bonds. The molecule has 0 saturated carbocycles. The van der Waals surface area contributed by atoms with Crippen LogP contribution in [0.2, 0.25) is 0 Å². The second-order valence-corrected chi connectivity index (χ2v) is 7.11. The Bertz CT molecular complexity index is 755. The van der Waals surface area contributed by atoms with Crippen molar-refractivity contribution in [3.8, 4) is 5.88 Å². The summed E-state index contributed by atoms with van der Waals surface area (Å²) in [7, 11) is 0. The topological polar surface area (TPSA) is 55.3 Å². The van der Waals surface area contributed by atoms with Crippen LogP contribution in [0.5, 0.6) is 5.88 Å². The molecule has 2 heterocycles. The molecule has 0 bridgehead atoms. The van der Waals surface area contributed by atoms with E-state index >= 15 is 0 Å². The molecule has 5 heteroatoms. The van der Waals surface area contributed by atoms with Crippen molar-refractivity contribution in [3.63, 3.8) is 0 Å². The van der Waals surface area contributed by atoms with Gasteiger partial charge in [0, 0.05) is 24.7 Å². The fraction of sp³-hybridized carbons (Fsp3) is 0.476. The molecule has 0 aliphatic carbocycles. The van der Waals surface area contributed by atoms with Crippen molar-refractivity contribution in [2.24, 2.45) is 0 Å². The number of rotatable bonds is 5. The number of piperidine rings is 1. The first-order valence-corrected chi connectivity index (χ1v) is 9.32. The third-order valence-electron chi connectivity index (χ3n) is 4.67. The monoisotopic (exact) mass is 353 g/mol. The Morgan fingerprint density at radius 2 is 2.08 bits per heavy atom. The van der Waals surface area contributed by atoms with Gasteiger partial charge in [-0.25, -0.2) is 4.98 Å². The van der Waals surface area contributed by atoms with Crippen molar-refractivity contribution in [1.29, 1.82) is 0 Å². The molecule has 1 aliphatic heterocycles. The molecule has 3 rings (SSSR count). The molecular weight excluding hydrogens is 326 g/mol. The first-order chi connectivity index (χ1) is 12.5. The van der Waals surface area contributed by atoms with Crippen LogP contribution in [0, 0.1) is 20.8 Å². The molecule has 1 atom stereocenters. The Morgan fingerprint density at radius 3 is 2.85 bits per heavy atom. The van der Waals surface area contributed by atoms with Crippen LogP contribution in [-0.2, 0) is 11.2 Å². The van der Waals surface area contributed by atoms with Gasteiger partial charge in [-0.3, -0.25) is 4.79 Å². The van der Waals surface area contributed by atoms with Crippen molar-refractivity contribution in [1.82, 2.24) is 14.9 Å². The zero-order valence-corrected chi connectivity index (χ0v) is 15.9. The molecule has 26 heavy (non-hydrogen) atoms. The minimum atomic E-state index is 0.000342. The second-order valence-electron chi connectivity index (χ2n) is 7.11. The van der Waals surface area contributed by atoms with E-state index in [1.807, 2.05) is 30.9 Å². The van der Waals surface area contributed by atoms with Gasteiger partial charge >= 0.3 is 0 Å². The molecule has 1 aromatic heterocycles. The van der Waals surface area contributed by atoms with Gasteiger partial charge in [0.15, 0.2) is 0 Å². The van der Waals surface area contributed by atoms with Gasteiger partial charge in [0.05, 0.1) is 6.54 Å². The molecule has 1 aromatic carbocycles. The standard InChI is InChI=1S/C21H27N3O2/c1-15-6-4-7-18(12-15)9-10-21(25)24-11-5-8-19(14-24)26-20-13-16(2)22-17(3)23-20/h4,6-7,12-13,19H,5,8-11,14H2,1-3H3. The Morgan fingerprint density at radius 1 is 1.23 bits per heavy atom. The summed E-state index contributed by atoms with van der Waals surface area (Å²) in [5.41, 5.74) is 3.35. The molecule has 5 nitrogen and oxygen atoms in total. The summed E-state index contributed by atoms with van der Waals surface area (Å²) >= 11 is 0. The third-order valence-corrected chi connectivity index (χ3v) is 4.67. The van der Waals surface area contributed by atoms with Gasteiger partial charge in [-0.05, 0) is 45.6 Å². The van der Waals surface area contributed by atoms with Gasteiger partial charge in [-0.15, -0.1) is 0 Å². The van der Waals surface area contributed by atoms with Gasteiger partial charge < -0.3 is 9.64 Å². The first kappa shape index (κ1) is 18.4. The summed E-state index contributed by atoms with van der Waals surface area (Å²) in [6.45, 7) is 7.32. The van der Waals surface area contributed by atoms with E-state index in [2.05, 4.69) is 35.1 Å². The number of aryl methyl sites for hydroxylation is 4. The van der Waals surface area contributed by atoms with E-state index in [0.717, 1.165) is 31.5 Å². The van der Waals surface area contributed by atoms with Crippen molar-refractivity contribution < 1.29 is 9.53 Å². The number of benzene rings is 1. The van der Waals surface area contributed by atoms with Gasteiger partial charge in [0.25, 0.3) is 0 Å². The third kappa shape index (κ3) is 5.04. The van der Waals surface area contributed by atoms with Crippen LogP contribution in [0.4, 0.5) is 0 Å². The highest BCUT2D eigenvalue weighted by atomic mass is 16.5. The van der Waals surface area contributed by atoms with Crippen molar-refractivity contribution >= 4 is 5.91 Å². The van der Waals surface area contributed by atoms with Gasteiger partial charge in [-0.1, -0.05) is 29.8 Å². The molecule has 1 aliphatic rings. The molecule has 1 saturated heterocycles. The maximum atomic E-state index is 12.6. The Hall–Kier alpha value is -2.43. The van der Waals surface area contributed by atoms with Crippen LogP contribution in [0.25, 0.3) is 0 Å². The zero-order chi connectivity index (χ0) is 18.5. The predicted octanol–water partition coefficient (Wildman–Crippen LogP) is 3.40. The Kier molecular flexibility index (Phi) is 5.86. The minimum absolute atomic E-state index is 0.000342. The average Bonchev–Trinajstić information content (AvgIpc) is 2.59. The lowest BCUT2D eigenvalue weighted by Crippen LogP contribution is -2.44. The summed E-state index contributed by atoms with van der Waals surface area (Å²) < 4.78 is 6.03. The fourth-order valence-electron chi connectivity index (χ4n) is 3.45. The Balaban J connectivity index is 1.54. The summed E-state index contributed by atoms with van der Waals surface area (Å²) in [5, 5.41) is 0. The lowest BCUT2D eigenvalue weighted by Gasteiger charge is -2.32. The van der Waals surface area contributed by atoms with E-state index in [0.29, 0.717) is 24.7 Å². The lowest BCUT2D eigenvalue weighted by atomic mass is 10.0. The van der Waals surface area contributed by atoms with Crippen LogP contribution in [0.15, 0.2) is 30.3 Å². The van der Waals surface area contributed by atoms with Gasteiger partial charge in [0.2, 0.25) is 11.8 Å². The van der Waals surface area contributed by atoms with Crippen molar-refractivity contribution in [3.05, 3.63) is 53.0 Å². The molecule has 0 radical (unpaired) electrons. The van der Waals surface area contributed by atoms with Gasteiger partial charge in [-0.2, -0.15) is 4.98 Å². The summed E-state index contributed by atoms with van der Waals surface area (Å²) in [5.74, 6) is 1.52. The molecule has 1 unspecified atom stereocenters. The molecule has 1 fully saturated rings. The Labute approximate surface area is 155 Å². The maximum absolute atomic E-state index is 12.6. The van der Waals surface area contributed by atoms with Crippen molar-refractivity contribution in [2.45, 2.75) is 52.6 Å². The minimum Gasteiger partial charge on any atom is -0.472 e. The number of hydrogen-bond acceptors (Lipinski definition) is 4.